The van der Waals surface area contributed by atoms with Crippen molar-refractivity contribution in [3.8, 4) is 0 Å². The molecule has 1 saturated carbocycles. The van der Waals surface area contributed by atoms with E-state index in [1.54, 1.807) is 0 Å². The highest BCUT2D eigenvalue weighted by Crippen LogP contribution is 2.49. The Hall–Kier alpha value is -1.78. The predicted octanol–water partition coefficient (Wildman–Crippen LogP) is 8.73. The van der Waals surface area contributed by atoms with Crippen molar-refractivity contribution >= 4 is 27.6 Å². The van der Waals surface area contributed by atoms with Gasteiger partial charge in [-0.3, -0.25) is 23.2 Å². The monoisotopic (exact) mass is 941 g/mol. The second-order valence-electron chi connectivity index (χ2n) is 16.5. The first-order valence-corrected chi connectivity index (χ1v) is 26.6. The molecule has 0 aromatic carbocycles. The summed E-state index contributed by atoms with van der Waals surface area (Å²) in [6, 6.07) is 0. The van der Waals surface area contributed by atoms with E-state index < -0.39 is 83.5 Å². The van der Waals surface area contributed by atoms with Crippen molar-refractivity contribution in [1.29, 1.82) is 0 Å². The van der Waals surface area contributed by atoms with Crippen LogP contribution in [0.5, 0.6) is 0 Å². The summed E-state index contributed by atoms with van der Waals surface area (Å²) < 4.78 is 49.3. The molecule has 1 aliphatic carbocycles. The number of allylic oxidation sites excluding steroid dienone is 6. The molecule has 0 aromatic heterocycles. The molecule has 8 atom stereocenters. The molecule has 0 amide bonds. The molecule has 1 aliphatic rings. The number of rotatable bonds is 39. The molecular weight excluding hydrogens is 858 g/mol. The maximum absolute atomic E-state index is 13.0. The van der Waals surface area contributed by atoms with Crippen LogP contribution in [0.2, 0.25) is 0 Å². The Labute approximate surface area is 376 Å². The maximum atomic E-state index is 13.0. The van der Waals surface area contributed by atoms with Crippen molar-refractivity contribution in [1.82, 2.24) is 0 Å². The molecular formula is C45H82O16P2. The predicted molar refractivity (Wildman–Crippen MR) is 241 cm³/mol. The minimum Gasteiger partial charge on any atom is -0.462 e. The molecule has 1 fully saturated rings. The van der Waals surface area contributed by atoms with E-state index in [1.807, 2.05) is 0 Å². The molecule has 0 heterocycles. The first-order chi connectivity index (χ1) is 30.1. The molecule has 5 unspecified atom stereocenters. The van der Waals surface area contributed by atoms with Crippen LogP contribution < -0.4 is 0 Å². The number of carbonyl (C=O) groups excluding carboxylic acids is 2. The number of aliphatic hydroxyl groups is 4. The lowest BCUT2D eigenvalue weighted by Gasteiger charge is -2.43. The largest absolute Gasteiger partial charge is 0.472 e. The molecule has 0 radical (unpaired) electrons. The van der Waals surface area contributed by atoms with Crippen molar-refractivity contribution in [3.05, 3.63) is 36.5 Å². The molecule has 0 bridgehead atoms. The summed E-state index contributed by atoms with van der Waals surface area (Å²) in [6.45, 7) is 3.06. The third-order valence-corrected chi connectivity index (χ3v) is 12.2. The zero-order chi connectivity index (χ0) is 46.8. The average Bonchev–Trinajstić information content (AvgIpc) is 3.23. The maximum Gasteiger partial charge on any atom is 0.472 e. The van der Waals surface area contributed by atoms with Crippen LogP contribution in [-0.4, -0.2) is 103 Å². The SMILES string of the molecule is CCCCCC=CCC=CCC=CCCCCCCC(=O)OC[C@H](COP(=O)(O)O[C@H]1C(O)C(O)C(O)[C@@H](OP(=O)(O)O)C1O)OC(=O)CCCCCCCCCCCCCCC. The summed E-state index contributed by atoms with van der Waals surface area (Å²) in [5.41, 5.74) is 0. The third-order valence-electron chi connectivity index (χ3n) is 10.7. The van der Waals surface area contributed by atoms with E-state index in [1.165, 1.54) is 70.6 Å². The zero-order valence-electron chi connectivity index (χ0n) is 38.0. The van der Waals surface area contributed by atoms with E-state index in [2.05, 4.69) is 54.8 Å². The fraction of sp³-hybridized carbons (Fsp3) is 0.822. The highest BCUT2D eigenvalue weighted by Gasteiger charge is 2.54. The second-order valence-corrected chi connectivity index (χ2v) is 19.1. The summed E-state index contributed by atoms with van der Waals surface area (Å²) in [6.07, 6.45) is 23.9. The summed E-state index contributed by atoms with van der Waals surface area (Å²) in [5.74, 6) is -1.23. The molecule has 16 nitrogen and oxygen atoms in total. The highest BCUT2D eigenvalue weighted by molar-refractivity contribution is 7.47. The van der Waals surface area contributed by atoms with E-state index >= 15 is 0 Å². The number of carbonyl (C=O) groups is 2. The van der Waals surface area contributed by atoms with Crippen molar-refractivity contribution < 1.29 is 76.9 Å². The Kier molecular flexibility index (Phi) is 34.2. The molecule has 63 heavy (non-hydrogen) atoms. The first kappa shape index (κ1) is 59.2. The van der Waals surface area contributed by atoms with Gasteiger partial charge in [-0.05, 0) is 51.4 Å². The first-order valence-electron chi connectivity index (χ1n) is 23.5. The van der Waals surface area contributed by atoms with Crippen molar-refractivity contribution in [2.75, 3.05) is 13.2 Å². The minimum absolute atomic E-state index is 0.0415. The standard InChI is InChI=1S/C45H82O16P2/c1-3-5-7-9-11-13-15-17-18-19-20-22-23-25-27-29-31-33-38(46)57-35-37(59-39(47)34-32-30-28-26-24-21-16-14-12-10-8-6-4-2)36-58-63(55,56)61-45-42(50)40(48)41(49)44(43(45)51)60-62(52,53)54/h11,13,17-18,20,22,37,40-45,48-51H,3-10,12,14-16,19,21,23-36H2,1-2H3,(H,55,56)(H2,52,53,54)/t37-,40?,41?,42?,43?,44-,45+/m1/s1. The van der Waals surface area contributed by atoms with Gasteiger partial charge in [-0.1, -0.05) is 153 Å². The summed E-state index contributed by atoms with van der Waals surface area (Å²) in [5, 5.41) is 41.2. The molecule has 18 heteroatoms. The van der Waals surface area contributed by atoms with Crippen LogP contribution in [0.25, 0.3) is 0 Å². The Morgan fingerprint density at radius 2 is 0.921 bits per heavy atom. The van der Waals surface area contributed by atoms with E-state index in [9.17, 15) is 44.0 Å². The van der Waals surface area contributed by atoms with Crippen LogP contribution in [0.3, 0.4) is 0 Å². The molecule has 368 valence electrons. The van der Waals surface area contributed by atoms with Crippen molar-refractivity contribution in [2.45, 2.75) is 224 Å². The zero-order valence-corrected chi connectivity index (χ0v) is 39.8. The van der Waals surface area contributed by atoms with Crippen molar-refractivity contribution in [2.24, 2.45) is 0 Å². The average molecular weight is 941 g/mol. The van der Waals surface area contributed by atoms with E-state index in [4.69, 9.17) is 28.3 Å². The Morgan fingerprint density at radius 1 is 0.508 bits per heavy atom. The van der Waals surface area contributed by atoms with Gasteiger partial charge in [0.05, 0.1) is 6.61 Å². The lowest BCUT2D eigenvalue weighted by Crippen LogP contribution is -2.64. The topological polar surface area (TPSA) is 256 Å². The number of hydrogen-bond acceptors (Lipinski definition) is 13. The van der Waals surface area contributed by atoms with Crippen LogP contribution in [-0.2, 0) is 41.8 Å². The number of unbranched alkanes of at least 4 members (excludes halogenated alkanes) is 19. The number of phosphoric ester groups is 2. The van der Waals surface area contributed by atoms with Gasteiger partial charge in [0.2, 0.25) is 0 Å². The minimum atomic E-state index is -5.36. The van der Waals surface area contributed by atoms with Crippen LogP contribution in [0.4, 0.5) is 0 Å². The lowest BCUT2D eigenvalue weighted by atomic mass is 9.85. The van der Waals surface area contributed by atoms with Gasteiger partial charge in [0, 0.05) is 12.8 Å². The lowest BCUT2D eigenvalue weighted by molar-refractivity contribution is -0.216. The van der Waals surface area contributed by atoms with Gasteiger partial charge in [-0.2, -0.15) is 0 Å². The van der Waals surface area contributed by atoms with Gasteiger partial charge in [-0.15, -0.1) is 0 Å². The van der Waals surface area contributed by atoms with E-state index in [-0.39, 0.29) is 12.8 Å². The Balaban J connectivity index is 2.61. The number of ether oxygens (including phenoxy) is 2. The van der Waals surface area contributed by atoms with Crippen LogP contribution in [0.15, 0.2) is 36.5 Å². The van der Waals surface area contributed by atoms with Gasteiger partial charge >= 0.3 is 27.6 Å². The summed E-state index contributed by atoms with van der Waals surface area (Å²) in [4.78, 5) is 54.2. The quantitative estimate of drug-likeness (QED) is 0.0132. The van der Waals surface area contributed by atoms with Crippen LogP contribution in [0, 0.1) is 0 Å². The summed E-state index contributed by atoms with van der Waals surface area (Å²) >= 11 is 0. The fourth-order valence-corrected chi connectivity index (χ4v) is 8.57. The van der Waals surface area contributed by atoms with E-state index in [0.29, 0.717) is 12.8 Å². The fourth-order valence-electron chi connectivity index (χ4n) is 7.03. The highest BCUT2D eigenvalue weighted by atomic mass is 31.2. The second kappa shape index (κ2) is 36.4. The van der Waals surface area contributed by atoms with Gasteiger partial charge in [-0.25, -0.2) is 9.13 Å². The number of hydrogen-bond donors (Lipinski definition) is 7. The van der Waals surface area contributed by atoms with Crippen LogP contribution >= 0.6 is 15.6 Å². The molecule has 0 aromatic rings. The Morgan fingerprint density at radius 3 is 1.43 bits per heavy atom. The van der Waals surface area contributed by atoms with E-state index in [0.717, 1.165) is 70.6 Å². The number of phosphoric acid groups is 2. The molecule has 0 saturated heterocycles. The smallest absolute Gasteiger partial charge is 0.462 e. The van der Waals surface area contributed by atoms with Gasteiger partial charge in [0.1, 0.15) is 43.2 Å². The summed E-state index contributed by atoms with van der Waals surface area (Å²) in [7, 11) is -10.7. The third kappa shape index (κ3) is 30.9. The van der Waals surface area contributed by atoms with Gasteiger partial charge in [0.15, 0.2) is 6.10 Å². The number of aliphatic hydroxyl groups excluding tert-OH is 4. The molecule has 0 spiro atoms. The van der Waals surface area contributed by atoms with Crippen LogP contribution in [0.1, 0.15) is 181 Å². The number of esters is 2. The molecule has 7 N–H and O–H groups in total. The molecule has 1 rings (SSSR count). The van der Waals surface area contributed by atoms with Gasteiger partial charge < -0.3 is 44.6 Å². The Bertz CT molecular complexity index is 1370. The van der Waals surface area contributed by atoms with Crippen molar-refractivity contribution in [3.63, 3.8) is 0 Å². The van der Waals surface area contributed by atoms with Gasteiger partial charge in [0.25, 0.3) is 0 Å². The normalized spacial score (nSPS) is 22.2. The molecule has 0 aliphatic heterocycles.